The summed E-state index contributed by atoms with van der Waals surface area (Å²) < 4.78 is 6.91. The number of aryl methyl sites for hydroxylation is 1. The maximum Gasteiger partial charge on any atom is 0.253 e. The van der Waals surface area contributed by atoms with Crippen LogP contribution in [0.4, 0.5) is 5.69 Å². The maximum absolute atomic E-state index is 12.9. The molecule has 1 aliphatic heterocycles. The fourth-order valence-corrected chi connectivity index (χ4v) is 3.24. The highest BCUT2D eigenvalue weighted by Crippen LogP contribution is 2.30. The van der Waals surface area contributed by atoms with Crippen molar-refractivity contribution in [3.05, 3.63) is 41.7 Å². The predicted octanol–water partition coefficient (Wildman–Crippen LogP) is 0.730. The first-order valence-electron chi connectivity index (χ1n) is 8.43. The van der Waals surface area contributed by atoms with Crippen LogP contribution < -0.4 is 20.7 Å². The van der Waals surface area contributed by atoms with Crippen molar-refractivity contribution in [3.63, 3.8) is 0 Å². The van der Waals surface area contributed by atoms with E-state index in [1.807, 2.05) is 13.2 Å². The molecule has 2 heterocycles. The number of amides is 2. The van der Waals surface area contributed by atoms with E-state index in [9.17, 15) is 9.59 Å². The van der Waals surface area contributed by atoms with Gasteiger partial charge in [0.15, 0.2) is 0 Å². The number of nitrogens with one attached hydrogen (secondary N) is 3. The van der Waals surface area contributed by atoms with E-state index in [1.165, 1.54) is 7.11 Å². The molecule has 8 nitrogen and oxygen atoms in total. The highest BCUT2D eigenvalue weighted by molar-refractivity contribution is 6.04. The summed E-state index contributed by atoms with van der Waals surface area (Å²) >= 11 is 0. The van der Waals surface area contributed by atoms with Crippen molar-refractivity contribution in [3.8, 4) is 5.75 Å². The topological polar surface area (TPSA) is 97.3 Å². The molecule has 1 saturated heterocycles. The van der Waals surface area contributed by atoms with Crippen LogP contribution in [0, 0.1) is 5.92 Å². The van der Waals surface area contributed by atoms with Crippen molar-refractivity contribution in [1.82, 2.24) is 20.4 Å². The number of anilines is 1. The average Bonchev–Trinajstić information content (AvgIpc) is 3.30. The van der Waals surface area contributed by atoms with E-state index in [-0.39, 0.29) is 23.7 Å². The van der Waals surface area contributed by atoms with Gasteiger partial charge in [-0.25, -0.2) is 0 Å². The van der Waals surface area contributed by atoms with Crippen molar-refractivity contribution in [2.75, 3.05) is 32.6 Å². The molecule has 0 radical (unpaired) electrons. The van der Waals surface area contributed by atoms with Crippen LogP contribution in [0.15, 0.2) is 30.6 Å². The van der Waals surface area contributed by atoms with Crippen LogP contribution in [0.1, 0.15) is 21.8 Å². The van der Waals surface area contributed by atoms with Crippen molar-refractivity contribution in [1.29, 1.82) is 0 Å². The fraction of sp³-hybridized carbons (Fsp3) is 0.389. The van der Waals surface area contributed by atoms with Gasteiger partial charge < -0.3 is 20.7 Å². The molecule has 0 aliphatic carbocycles. The van der Waals surface area contributed by atoms with Crippen LogP contribution in [0.5, 0.6) is 5.75 Å². The first-order valence-corrected chi connectivity index (χ1v) is 8.43. The van der Waals surface area contributed by atoms with Crippen LogP contribution in [0.25, 0.3) is 0 Å². The minimum Gasteiger partial charge on any atom is -0.497 e. The summed E-state index contributed by atoms with van der Waals surface area (Å²) in [6.45, 7) is 1.30. The zero-order valence-corrected chi connectivity index (χ0v) is 15.1. The van der Waals surface area contributed by atoms with E-state index >= 15 is 0 Å². The van der Waals surface area contributed by atoms with E-state index in [1.54, 1.807) is 36.1 Å². The second-order valence-electron chi connectivity index (χ2n) is 6.30. The van der Waals surface area contributed by atoms with Gasteiger partial charge in [0, 0.05) is 39.3 Å². The van der Waals surface area contributed by atoms with E-state index < -0.39 is 0 Å². The second-order valence-corrected chi connectivity index (χ2v) is 6.30. The fourth-order valence-electron chi connectivity index (χ4n) is 3.24. The Morgan fingerprint density at radius 1 is 1.35 bits per heavy atom. The Bertz CT molecular complexity index is 817. The Kier molecular flexibility index (Phi) is 5.22. The van der Waals surface area contributed by atoms with E-state index in [2.05, 4.69) is 21.0 Å². The van der Waals surface area contributed by atoms with Crippen molar-refractivity contribution in [2.45, 2.75) is 5.92 Å². The molecule has 26 heavy (non-hydrogen) atoms. The van der Waals surface area contributed by atoms with Crippen molar-refractivity contribution >= 4 is 17.5 Å². The number of methoxy groups -OCH3 is 1. The molecular weight excluding hydrogens is 334 g/mol. The monoisotopic (exact) mass is 357 g/mol. The molecule has 1 aliphatic rings. The van der Waals surface area contributed by atoms with E-state index in [0.29, 0.717) is 30.1 Å². The lowest BCUT2D eigenvalue weighted by Gasteiger charge is -2.18. The van der Waals surface area contributed by atoms with Crippen molar-refractivity contribution < 1.29 is 14.3 Å². The van der Waals surface area contributed by atoms with Gasteiger partial charge >= 0.3 is 0 Å². The highest BCUT2D eigenvalue weighted by atomic mass is 16.5. The number of hydrogen-bond acceptors (Lipinski definition) is 5. The van der Waals surface area contributed by atoms with Gasteiger partial charge in [0.25, 0.3) is 5.91 Å². The van der Waals surface area contributed by atoms with Gasteiger partial charge in [0.2, 0.25) is 5.91 Å². The molecule has 1 fully saturated rings. The van der Waals surface area contributed by atoms with Crippen LogP contribution in [0.3, 0.4) is 0 Å². The molecule has 2 atom stereocenters. The van der Waals surface area contributed by atoms with E-state index in [0.717, 1.165) is 5.56 Å². The van der Waals surface area contributed by atoms with Crippen LogP contribution in [-0.4, -0.2) is 48.8 Å². The largest absolute Gasteiger partial charge is 0.497 e. The predicted molar refractivity (Wildman–Crippen MR) is 97.3 cm³/mol. The Labute approximate surface area is 151 Å². The number of benzene rings is 1. The molecular formula is C18H23N5O3. The molecule has 0 bridgehead atoms. The molecule has 0 saturated carbocycles. The summed E-state index contributed by atoms with van der Waals surface area (Å²) in [4.78, 5) is 25.0. The minimum absolute atomic E-state index is 0.0467. The lowest BCUT2D eigenvalue weighted by atomic mass is 9.90. The molecule has 1 aromatic carbocycles. The first kappa shape index (κ1) is 17.9. The third kappa shape index (κ3) is 3.55. The normalized spacial score (nSPS) is 19.2. The first-order chi connectivity index (χ1) is 12.5. The molecule has 2 amide bonds. The van der Waals surface area contributed by atoms with Gasteiger partial charge in [0.05, 0.1) is 30.5 Å². The number of carbonyl (C=O) groups excluding carboxylic acids is 2. The van der Waals surface area contributed by atoms with Gasteiger partial charge in [-0.05, 0) is 23.8 Å². The van der Waals surface area contributed by atoms with Crippen LogP contribution >= 0.6 is 0 Å². The number of hydrogen-bond donors (Lipinski definition) is 3. The average molecular weight is 357 g/mol. The molecule has 3 rings (SSSR count). The zero-order chi connectivity index (χ0) is 18.7. The smallest absolute Gasteiger partial charge is 0.253 e. The van der Waals surface area contributed by atoms with Gasteiger partial charge in [0.1, 0.15) is 5.75 Å². The molecule has 1 aromatic heterocycles. The molecule has 8 heteroatoms. The lowest BCUT2D eigenvalue weighted by molar-refractivity contribution is -0.119. The maximum atomic E-state index is 12.9. The number of rotatable bonds is 5. The summed E-state index contributed by atoms with van der Waals surface area (Å²) in [5, 5.41) is 13.0. The number of carbonyl (C=O) groups is 2. The zero-order valence-electron chi connectivity index (χ0n) is 15.1. The summed E-state index contributed by atoms with van der Waals surface area (Å²) in [6.07, 6.45) is 3.72. The number of aromatic nitrogens is 2. The van der Waals surface area contributed by atoms with Crippen LogP contribution in [-0.2, 0) is 11.8 Å². The SMILES string of the molecule is CNC(=O)c1cc(OC)ccc1NC(=O)[C@H]1CNC[C@@H]1c1cnn(C)c1. The third-order valence-corrected chi connectivity index (χ3v) is 4.66. The summed E-state index contributed by atoms with van der Waals surface area (Å²) in [6, 6.07) is 5.01. The molecule has 0 unspecified atom stereocenters. The quantitative estimate of drug-likeness (QED) is 0.733. The second kappa shape index (κ2) is 7.57. The standard InChI is InChI=1S/C18H23N5O3/c1-19-17(24)13-6-12(26-3)4-5-16(13)22-18(25)15-9-20-8-14(15)11-7-21-23(2)10-11/h4-7,10,14-15,20H,8-9H2,1-3H3,(H,19,24)(H,22,25)/t14-,15+/m1/s1. The number of ether oxygens (including phenoxy) is 1. The Hall–Kier alpha value is -2.87. The lowest BCUT2D eigenvalue weighted by Crippen LogP contribution is -2.29. The molecule has 3 N–H and O–H groups in total. The molecule has 0 spiro atoms. The summed E-state index contributed by atoms with van der Waals surface area (Å²) in [5.41, 5.74) is 1.86. The van der Waals surface area contributed by atoms with Gasteiger partial charge in [-0.1, -0.05) is 0 Å². The Morgan fingerprint density at radius 3 is 2.81 bits per heavy atom. The number of nitrogens with zero attached hydrogens (tertiary/aromatic N) is 2. The van der Waals surface area contributed by atoms with Gasteiger partial charge in [-0.15, -0.1) is 0 Å². The Balaban J connectivity index is 1.82. The molecule has 2 aromatic rings. The minimum atomic E-state index is -0.285. The molecule has 138 valence electrons. The third-order valence-electron chi connectivity index (χ3n) is 4.66. The Morgan fingerprint density at radius 2 is 2.15 bits per heavy atom. The van der Waals surface area contributed by atoms with Gasteiger partial charge in [-0.2, -0.15) is 5.10 Å². The highest BCUT2D eigenvalue weighted by Gasteiger charge is 2.35. The summed E-state index contributed by atoms with van der Waals surface area (Å²) in [7, 11) is 4.94. The van der Waals surface area contributed by atoms with E-state index in [4.69, 9.17) is 4.74 Å². The van der Waals surface area contributed by atoms with Crippen LogP contribution in [0.2, 0.25) is 0 Å². The van der Waals surface area contributed by atoms with Crippen molar-refractivity contribution in [2.24, 2.45) is 13.0 Å². The van der Waals surface area contributed by atoms with Gasteiger partial charge in [-0.3, -0.25) is 14.3 Å². The summed E-state index contributed by atoms with van der Waals surface area (Å²) in [5.74, 6) is -0.0478.